The zero-order valence-electron chi connectivity index (χ0n) is 13.3. The van der Waals surface area contributed by atoms with E-state index in [1.54, 1.807) is 0 Å². The Labute approximate surface area is 140 Å². The summed E-state index contributed by atoms with van der Waals surface area (Å²) in [5, 5.41) is 18.2. The quantitative estimate of drug-likeness (QED) is 0.838. The fourth-order valence-corrected chi connectivity index (χ4v) is 2.60. The molecule has 0 unspecified atom stereocenters. The summed E-state index contributed by atoms with van der Waals surface area (Å²) in [5.41, 5.74) is 1.22. The number of hydrogen-bond acceptors (Lipinski definition) is 4. The van der Waals surface area contributed by atoms with Crippen LogP contribution >= 0.6 is 0 Å². The lowest BCUT2D eigenvalue weighted by atomic mass is 10.1. The van der Waals surface area contributed by atoms with Crippen molar-refractivity contribution in [3.8, 4) is 0 Å². The van der Waals surface area contributed by atoms with E-state index in [2.05, 4.69) is 40.2 Å². The first-order valence-electron chi connectivity index (χ1n) is 7.75. The second-order valence-corrected chi connectivity index (χ2v) is 5.47. The van der Waals surface area contributed by atoms with Crippen LogP contribution in [0.15, 0.2) is 48.7 Å². The first-order chi connectivity index (χ1) is 11.6. The van der Waals surface area contributed by atoms with Gasteiger partial charge < -0.3 is 10.2 Å². The van der Waals surface area contributed by atoms with Gasteiger partial charge in [0.15, 0.2) is 0 Å². The van der Waals surface area contributed by atoms with Gasteiger partial charge in [0, 0.05) is 30.3 Å². The molecule has 1 aromatic carbocycles. The smallest absolute Gasteiger partial charge is 0.328 e. The van der Waals surface area contributed by atoms with Crippen LogP contribution in [0.1, 0.15) is 18.5 Å². The number of carbonyl (C=O) groups is 2. The number of carboxylic acid groups (broad SMARTS) is 2. The standard InChI is InChI=1S/C14H16N2.C4H4O4/c1-2-6-13-12(5-1)7-8-15-14(13)11-16-9-3-4-10-16;5-3(6)1-2-4(7)8/h1-2,5-8H,3-4,9-11H2;1-2H,(H,5,6)(H,7,8)/b;2-1-. The van der Waals surface area contributed by atoms with Crippen molar-refractivity contribution < 1.29 is 19.8 Å². The van der Waals surface area contributed by atoms with E-state index in [1.165, 1.54) is 42.4 Å². The Morgan fingerprint density at radius 2 is 1.67 bits per heavy atom. The van der Waals surface area contributed by atoms with Crippen molar-refractivity contribution in [1.82, 2.24) is 9.88 Å². The average Bonchev–Trinajstić information content (AvgIpc) is 3.07. The van der Waals surface area contributed by atoms with E-state index in [-0.39, 0.29) is 0 Å². The summed E-state index contributed by atoms with van der Waals surface area (Å²) in [6.45, 7) is 3.46. The summed E-state index contributed by atoms with van der Waals surface area (Å²) in [6, 6.07) is 10.6. The number of aromatic nitrogens is 1. The Kier molecular flexibility index (Phi) is 6.45. The molecular weight excluding hydrogens is 308 g/mol. The second-order valence-electron chi connectivity index (χ2n) is 5.47. The number of carboxylic acids is 2. The fraction of sp³-hybridized carbons (Fsp3) is 0.278. The van der Waals surface area contributed by atoms with E-state index in [1.807, 2.05) is 6.20 Å². The minimum Gasteiger partial charge on any atom is -0.478 e. The molecule has 0 radical (unpaired) electrons. The minimum absolute atomic E-state index is 0.558. The molecule has 1 aliphatic rings. The zero-order valence-corrected chi connectivity index (χ0v) is 13.3. The van der Waals surface area contributed by atoms with Gasteiger partial charge in [-0.15, -0.1) is 0 Å². The number of likely N-dealkylation sites (tertiary alicyclic amines) is 1. The van der Waals surface area contributed by atoms with E-state index in [4.69, 9.17) is 10.2 Å². The highest BCUT2D eigenvalue weighted by atomic mass is 16.4. The Morgan fingerprint density at radius 1 is 1.04 bits per heavy atom. The average molecular weight is 328 g/mol. The largest absolute Gasteiger partial charge is 0.478 e. The van der Waals surface area contributed by atoms with E-state index in [0.29, 0.717) is 12.2 Å². The Balaban J connectivity index is 0.000000224. The molecule has 0 atom stereocenters. The van der Waals surface area contributed by atoms with Crippen LogP contribution in [0, 0.1) is 0 Å². The van der Waals surface area contributed by atoms with Crippen LogP contribution in [-0.4, -0.2) is 45.1 Å². The van der Waals surface area contributed by atoms with Crippen molar-refractivity contribution in [2.75, 3.05) is 13.1 Å². The van der Waals surface area contributed by atoms with Gasteiger partial charge >= 0.3 is 11.9 Å². The first kappa shape index (κ1) is 17.6. The monoisotopic (exact) mass is 328 g/mol. The fourth-order valence-electron chi connectivity index (χ4n) is 2.60. The molecule has 0 spiro atoms. The van der Waals surface area contributed by atoms with Crippen molar-refractivity contribution in [2.24, 2.45) is 0 Å². The van der Waals surface area contributed by atoms with Crippen LogP contribution in [0.5, 0.6) is 0 Å². The molecule has 0 amide bonds. The maximum absolute atomic E-state index is 9.55. The summed E-state index contributed by atoms with van der Waals surface area (Å²) in [6.07, 6.45) is 5.72. The van der Waals surface area contributed by atoms with Gasteiger partial charge in [0.25, 0.3) is 0 Å². The predicted octanol–water partition coefficient (Wildman–Crippen LogP) is 2.54. The molecule has 0 bridgehead atoms. The number of aliphatic carboxylic acids is 2. The molecule has 2 heterocycles. The summed E-state index contributed by atoms with van der Waals surface area (Å²) < 4.78 is 0. The lowest BCUT2D eigenvalue weighted by Gasteiger charge is -2.15. The van der Waals surface area contributed by atoms with E-state index >= 15 is 0 Å². The highest BCUT2D eigenvalue weighted by Gasteiger charge is 2.13. The van der Waals surface area contributed by atoms with E-state index in [0.717, 1.165) is 6.54 Å². The Morgan fingerprint density at radius 3 is 2.29 bits per heavy atom. The molecule has 0 aliphatic carbocycles. The maximum atomic E-state index is 9.55. The van der Waals surface area contributed by atoms with Gasteiger partial charge in [0.1, 0.15) is 0 Å². The number of benzene rings is 1. The van der Waals surface area contributed by atoms with Crippen molar-refractivity contribution in [1.29, 1.82) is 0 Å². The highest BCUT2D eigenvalue weighted by Crippen LogP contribution is 2.19. The van der Waals surface area contributed by atoms with Gasteiger partial charge in [-0.1, -0.05) is 24.3 Å². The van der Waals surface area contributed by atoms with Gasteiger partial charge in [-0.25, -0.2) is 9.59 Å². The molecule has 6 nitrogen and oxygen atoms in total. The maximum Gasteiger partial charge on any atom is 0.328 e. The normalized spacial score (nSPS) is 14.5. The van der Waals surface area contributed by atoms with E-state index < -0.39 is 11.9 Å². The number of hydrogen-bond donors (Lipinski definition) is 2. The number of pyridine rings is 1. The molecule has 2 N–H and O–H groups in total. The van der Waals surface area contributed by atoms with Crippen LogP contribution in [-0.2, 0) is 16.1 Å². The Bertz CT molecular complexity index is 715. The molecule has 1 aromatic heterocycles. The topological polar surface area (TPSA) is 90.7 Å². The molecule has 2 aromatic rings. The number of rotatable bonds is 4. The predicted molar refractivity (Wildman–Crippen MR) is 90.7 cm³/mol. The van der Waals surface area contributed by atoms with Crippen molar-refractivity contribution in [3.63, 3.8) is 0 Å². The summed E-state index contributed by atoms with van der Waals surface area (Å²) in [4.78, 5) is 26.1. The molecule has 1 fully saturated rings. The SMILES string of the molecule is O=C(O)/C=C\C(=O)O.c1ccc2c(CN3CCCC3)nccc2c1. The van der Waals surface area contributed by atoms with Crippen LogP contribution in [0.25, 0.3) is 10.8 Å². The molecule has 0 saturated carbocycles. The van der Waals surface area contributed by atoms with Gasteiger partial charge in [-0.05, 0) is 37.4 Å². The minimum atomic E-state index is -1.26. The summed E-state index contributed by atoms with van der Waals surface area (Å²) in [5.74, 6) is -2.51. The third kappa shape index (κ3) is 5.48. The molecule has 3 rings (SSSR count). The van der Waals surface area contributed by atoms with E-state index in [9.17, 15) is 9.59 Å². The van der Waals surface area contributed by atoms with Crippen molar-refractivity contribution >= 4 is 22.7 Å². The molecule has 1 saturated heterocycles. The summed E-state index contributed by atoms with van der Waals surface area (Å²) in [7, 11) is 0. The van der Waals surface area contributed by atoms with Crippen molar-refractivity contribution in [2.45, 2.75) is 19.4 Å². The van der Waals surface area contributed by atoms with Gasteiger partial charge in [-0.2, -0.15) is 0 Å². The highest BCUT2D eigenvalue weighted by molar-refractivity contribution is 5.89. The zero-order chi connectivity index (χ0) is 17.4. The second kappa shape index (κ2) is 8.79. The van der Waals surface area contributed by atoms with Crippen LogP contribution in [0.2, 0.25) is 0 Å². The first-order valence-corrected chi connectivity index (χ1v) is 7.75. The Hall–Kier alpha value is -2.73. The molecule has 6 heteroatoms. The van der Waals surface area contributed by atoms with Gasteiger partial charge in [0.2, 0.25) is 0 Å². The summed E-state index contributed by atoms with van der Waals surface area (Å²) >= 11 is 0. The molecule has 1 aliphatic heterocycles. The molecule has 24 heavy (non-hydrogen) atoms. The molecular formula is C18H20N2O4. The third-order valence-corrected chi connectivity index (χ3v) is 3.70. The van der Waals surface area contributed by atoms with Crippen LogP contribution in [0.3, 0.4) is 0 Å². The third-order valence-electron chi connectivity index (χ3n) is 3.70. The number of nitrogens with zero attached hydrogens (tertiary/aromatic N) is 2. The molecule has 126 valence electrons. The van der Waals surface area contributed by atoms with Gasteiger partial charge in [-0.3, -0.25) is 9.88 Å². The van der Waals surface area contributed by atoms with Gasteiger partial charge in [0.05, 0.1) is 5.69 Å². The lowest BCUT2D eigenvalue weighted by molar-refractivity contribution is -0.134. The van der Waals surface area contributed by atoms with Crippen LogP contribution < -0.4 is 0 Å². The lowest BCUT2D eigenvalue weighted by Crippen LogP contribution is -2.19. The van der Waals surface area contributed by atoms with Crippen LogP contribution in [0.4, 0.5) is 0 Å². The van der Waals surface area contributed by atoms with Crippen molar-refractivity contribution in [3.05, 3.63) is 54.4 Å². The number of fused-ring (bicyclic) bond motifs is 1.